The molecule has 1 aliphatic rings. The first-order chi connectivity index (χ1) is 15.9. The summed E-state index contributed by atoms with van der Waals surface area (Å²) in [5.74, 6) is -0.231. The number of hydrogen-bond donors (Lipinski definition) is 0. The summed E-state index contributed by atoms with van der Waals surface area (Å²) in [6.45, 7) is 0.0174. The second-order valence-electron chi connectivity index (χ2n) is 7.15. The van der Waals surface area contributed by atoms with E-state index in [0.29, 0.717) is 28.5 Å². The smallest absolute Gasteiger partial charge is 0.293 e. The number of para-hydroxylation sites is 1. The van der Waals surface area contributed by atoms with Crippen LogP contribution >= 0.6 is 39.3 Å². The van der Waals surface area contributed by atoms with Crippen LogP contribution in [0.1, 0.15) is 21.5 Å². The van der Waals surface area contributed by atoms with Crippen molar-refractivity contribution in [3.8, 4) is 5.75 Å². The Kier molecular flexibility index (Phi) is 7.33. The van der Waals surface area contributed by atoms with Crippen LogP contribution in [-0.4, -0.2) is 28.4 Å². The van der Waals surface area contributed by atoms with E-state index in [1.54, 1.807) is 54.6 Å². The summed E-state index contributed by atoms with van der Waals surface area (Å²) in [4.78, 5) is 39.1. The molecule has 3 aromatic carbocycles. The summed E-state index contributed by atoms with van der Waals surface area (Å²) in [5, 5.41) is 0.171. The second-order valence-corrected chi connectivity index (χ2v) is 9.50. The lowest BCUT2D eigenvalue weighted by Gasteiger charge is -2.12. The zero-order valence-corrected chi connectivity index (χ0v) is 20.3. The van der Waals surface area contributed by atoms with Crippen molar-refractivity contribution in [1.82, 2.24) is 4.90 Å². The van der Waals surface area contributed by atoms with E-state index >= 15 is 0 Å². The maximum Gasteiger partial charge on any atom is 0.293 e. The first-order valence-electron chi connectivity index (χ1n) is 9.91. The molecule has 0 aliphatic carbocycles. The third-order valence-electron chi connectivity index (χ3n) is 4.85. The number of hydrogen-bond acceptors (Lipinski definition) is 5. The number of carbonyl (C=O) groups excluding carboxylic acids is 3. The number of ketones is 1. The molecule has 8 heteroatoms. The Labute approximate surface area is 208 Å². The molecule has 0 N–H and O–H groups in total. The van der Waals surface area contributed by atoms with Crippen LogP contribution in [0, 0.1) is 0 Å². The van der Waals surface area contributed by atoms with Crippen LogP contribution in [0.5, 0.6) is 5.75 Å². The van der Waals surface area contributed by atoms with E-state index in [-0.39, 0.29) is 17.2 Å². The molecule has 33 heavy (non-hydrogen) atoms. The number of rotatable bonds is 7. The van der Waals surface area contributed by atoms with E-state index in [9.17, 15) is 14.4 Å². The van der Waals surface area contributed by atoms with Crippen LogP contribution in [0.4, 0.5) is 4.79 Å². The third-order valence-corrected chi connectivity index (χ3v) is 6.54. The minimum Gasteiger partial charge on any atom is -0.488 e. The Bertz CT molecular complexity index is 1240. The molecule has 0 aromatic heterocycles. The summed E-state index contributed by atoms with van der Waals surface area (Å²) >= 11 is 10.0. The topological polar surface area (TPSA) is 63.7 Å². The van der Waals surface area contributed by atoms with Crippen LogP contribution in [0.3, 0.4) is 0 Å². The molecule has 3 aromatic rings. The lowest BCUT2D eigenvalue weighted by molar-refractivity contribution is -0.122. The van der Waals surface area contributed by atoms with Crippen molar-refractivity contribution in [2.24, 2.45) is 0 Å². The van der Waals surface area contributed by atoms with Crippen LogP contribution in [-0.2, 0) is 11.4 Å². The van der Waals surface area contributed by atoms with Gasteiger partial charge in [0.25, 0.3) is 11.1 Å². The predicted octanol–water partition coefficient (Wildman–Crippen LogP) is 6.60. The molecule has 0 unspecified atom stereocenters. The molecular formula is C25H17BrClNO4S. The van der Waals surface area contributed by atoms with Gasteiger partial charge in [-0.3, -0.25) is 19.3 Å². The highest BCUT2D eigenvalue weighted by atomic mass is 79.9. The minimum atomic E-state index is -0.497. The fourth-order valence-corrected chi connectivity index (χ4v) is 4.34. The molecule has 0 bridgehead atoms. The number of thioether (sulfide) groups is 1. The van der Waals surface area contributed by atoms with E-state index in [0.717, 1.165) is 26.7 Å². The summed E-state index contributed by atoms with van der Waals surface area (Å²) in [6, 6.07) is 21.3. The van der Waals surface area contributed by atoms with Crippen LogP contribution in [0.15, 0.2) is 82.2 Å². The molecule has 0 radical (unpaired) electrons. The SMILES string of the molecule is O=C(CN1C(=O)S/C(=C/c2ccccc2OCc2ccc(Cl)cc2)C1=O)c1ccc(Br)cc1. The van der Waals surface area contributed by atoms with Gasteiger partial charge in [-0.05, 0) is 53.7 Å². The van der Waals surface area contributed by atoms with Gasteiger partial charge >= 0.3 is 0 Å². The van der Waals surface area contributed by atoms with E-state index in [1.165, 1.54) is 0 Å². The van der Waals surface area contributed by atoms with Crippen molar-refractivity contribution in [1.29, 1.82) is 0 Å². The van der Waals surface area contributed by atoms with E-state index in [4.69, 9.17) is 16.3 Å². The Hall–Kier alpha value is -2.87. The first-order valence-corrected chi connectivity index (χ1v) is 11.9. The average molecular weight is 543 g/mol. The van der Waals surface area contributed by atoms with Gasteiger partial charge in [0.05, 0.1) is 11.4 Å². The largest absolute Gasteiger partial charge is 0.488 e. The zero-order valence-electron chi connectivity index (χ0n) is 17.2. The fraction of sp³-hybridized carbons (Fsp3) is 0.0800. The molecule has 2 amide bonds. The number of Topliss-reactive ketones (excluding diaryl/α,β-unsaturated/α-hetero) is 1. The highest BCUT2D eigenvalue weighted by Crippen LogP contribution is 2.34. The maximum atomic E-state index is 12.9. The first kappa shape index (κ1) is 23.3. The number of benzene rings is 3. The maximum absolute atomic E-state index is 12.9. The van der Waals surface area contributed by atoms with Crippen molar-refractivity contribution in [2.45, 2.75) is 6.61 Å². The van der Waals surface area contributed by atoms with Crippen molar-refractivity contribution in [3.05, 3.63) is 104 Å². The molecular weight excluding hydrogens is 526 g/mol. The summed E-state index contributed by atoms with van der Waals surface area (Å²) in [6.07, 6.45) is 1.62. The quantitative estimate of drug-likeness (QED) is 0.249. The van der Waals surface area contributed by atoms with Gasteiger partial charge in [-0.15, -0.1) is 0 Å². The van der Waals surface area contributed by atoms with Gasteiger partial charge in [0.15, 0.2) is 5.78 Å². The van der Waals surface area contributed by atoms with E-state index < -0.39 is 11.1 Å². The van der Waals surface area contributed by atoms with Gasteiger partial charge in [-0.1, -0.05) is 70.0 Å². The zero-order chi connectivity index (χ0) is 23.4. The number of nitrogens with zero attached hydrogens (tertiary/aromatic N) is 1. The van der Waals surface area contributed by atoms with Gasteiger partial charge in [-0.2, -0.15) is 0 Å². The molecule has 5 nitrogen and oxygen atoms in total. The third kappa shape index (κ3) is 5.74. The lowest BCUT2D eigenvalue weighted by atomic mass is 10.1. The van der Waals surface area contributed by atoms with E-state index in [1.807, 2.05) is 24.3 Å². The Morgan fingerprint density at radius 1 is 1.00 bits per heavy atom. The molecule has 1 heterocycles. The number of imide groups is 1. The van der Waals surface area contributed by atoms with Crippen LogP contribution in [0.2, 0.25) is 5.02 Å². The standard InChI is InChI=1S/C25H17BrClNO4S/c26-19-9-7-17(8-10-19)21(29)14-28-24(30)23(33-25(28)31)13-18-3-1-2-4-22(18)32-15-16-5-11-20(27)12-6-16/h1-13H,14-15H2/b23-13+. The molecule has 0 spiro atoms. The second kappa shape index (κ2) is 10.4. The average Bonchev–Trinajstić information content (AvgIpc) is 3.07. The number of ether oxygens (including phenoxy) is 1. The molecule has 1 aliphatic heterocycles. The van der Waals surface area contributed by atoms with Crippen molar-refractivity contribution in [3.63, 3.8) is 0 Å². The monoisotopic (exact) mass is 541 g/mol. The molecule has 4 rings (SSSR count). The molecule has 166 valence electrons. The summed E-state index contributed by atoms with van der Waals surface area (Å²) < 4.78 is 6.77. The molecule has 1 fully saturated rings. The summed E-state index contributed by atoms with van der Waals surface area (Å²) in [5.41, 5.74) is 2.04. The van der Waals surface area contributed by atoms with Crippen molar-refractivity contribution >= 4 is 62.3 Å². The Morgan fingerprint density at radius 2 is 1.70 bits per heavy atom. The van der Waals surface area contributed by atoms with Gasteiger partial charge < -0.3 is 4.74 Å². The van der Waals surface area contributed by atoms with Gasteiger partial charge in [-0.25, -0.2) is 0 Å². The van der Waals surface area contributed by atoms with Crippen molar-refractivity contribution < 1.29 is 19.1 Å². The lowest BCUT2D eigenvalue weighted by Crippen LogP contribution is -2.33. The number of carbonyl (C=O) groups is 3. The predicted molar refractivity (Wildman–Crippen MR) is 133 cm³/mol. The van der Waals surface area contributed by atoms with Crippen LogP contribution in [0.25, 0.3) is 6.08 Å². The molecule has 1 saturated heterocycles. The fourth-order valence-electron chi connectivity index (χ4n) is 3.12. The Morgan fingerprint density at radius 3 is 2.42 bits per heavy atom. The number of amides is 2. The normalized spacial score (nSPS) is 14.7. The van der Waals surface area contributed by atoms with Gasteiger partial charge in [0, 0.05) is 20.6 Å². The van der Waals surface area contributed by atoms with Crippen molar-refractivity contribution in [2.75, 3.05) is 6.54 Å². The molecule has 0 saturated carbocycles. The minimum absolute atomic E-state index is 0.242. The van der Waals surface area contributed by atoms with E-state index in [2.05, 4.69) is 15.9 Å². The highest BCUT2D eigenvalue weighted by Gasteiger charge is 2.36. The summed E-state index contributed by atoms with van der Waals surface area (Å²) in [7, 11) is 0. The Balaban J connectivity index is 1.48. The number of halogens is 2. The van der Waals surface area contributed by atoms with Gasteiger partial charge in [0.2, 0.25) is 0 Å². The van der Waals surface area contributed by atoms with Gasteiger partial charge in [0.1, 0.15) is 12.4 Å². The highest BCUT2D eigenvalue weighted by molar-refractivity contribution is 9.10. The van der Waals surface area contributed by atoms with Crippen LogP contribution < -0.4 is 4.74 Å². The molecule has 0 atom stereocenters.